The molecule has 0 aliphatic heterocycles. The molecular formula is C15H16N4O3. The Morgan fingerprint density at radius 2 is 1.73 bits per heavy atom. The van der Waals surface area contributed by atoms with E-state index in [1.165, 1.54) is 12.4 Å². The molecule has 0 aliphatic carbocycles. The van der Waals surface area contributed by atoms with Crippen LogP contribution in [0.4, 0.5) is 11.5 Å². The Balaban J connectivity index is 2.17. The second-order valence-corrected chi connectivity index (χ2v) is 5.25. The first-order chi connectivity index (χ1) is 10.3. The van der Waals surface area contributed by atoms with Gasteiger partial charge in [-0.25, -0.2) is 9.97 Å². The van der Waals surface area contributed by atoms with Crippen LogP contribution in [0, 0.1) is 0 Å². The number of aliphatic carboxylic acids is 1. The number of carbonyl (C=O) groups excluding carboxylic acids is 1. The van der Waals surface area contributed by atoms with E-state index in [2.05, 4.69) is 15.3 Å². The summed E-state index contributed by atoms with van der Waals surface area (Å²) in [5.74, 6) is -1.35. The number of anilines is 2. The molecule has 0 radical (unpaired) electrons. The Bertz CT molecular complexity index is 711. The quantitative estimate of drug-likeness (QED) is 0.790. The van der Waals surface area contributed by atoms with Crippen LogP contribution >= 0.6 is 0 Å². The highest BCUT2D eigenvalue weighted by Crippen LogP contribution is 2.25. The van der Waals surface area contributed by atoms with E-state index in [4.69, 9.17) is 5.73 Å². The predicted molar refractivity (Wildman–Crippen MR) is 81.5 cm³/mol. The summed E-state index contributed by atoms with van der Waals surface area (Å²) in [6, 6.07) is 6.57. The Hall–Kier alpha value is -2.96. The van der Waals surface area contributed by atoms with Gasteiger partial charge in [-0.3, -0.25) is 9.59 Å². The fourth-order valence-corrected chi connectivity index (χ4v) is 1.81. The lowest BCUT2D eigenvalue weighted by atomic mass is 9.85. The number of nitrogen functional groups attached to an aromatic ring is 1. The zero-order valence-corrected chi connectivity index (χ0v) is 12.2. The zero-order chi connectivity index (χ0) is 16.3. The summed E-state index contributed by atoms with van der Waals surface area (Å²) < 4.78 is 0. The summed E-state index contributed by atoms with van der Waals surface area (Å²) in [6.45, 7) is 3.23. The molecule has 0 aliphatic rings. The average molecular weight is 300 g/mol. The van der Waals surface area contributed by atoms with E-state index in [1.807, 2.05) is 0 Å². The third-order valence-corrected chi connectivity index (χ3v) is 3.34. The van der Waals surface area contributed by atoms with Gasteiger partial charge in [0.15, 0.2) is 11.5 Å². The molecule has 2 rings (SSSR count). The van der Waals surface area contributed by atoms with Crippen LogP contribution in [0.3, 0.4) is 0 Å². The van der Waals surface area contributed by atoms with E-state index in [1.54, 1.807) is 38.1 Å². The summed E-state index contributed by atoms with van der Waals surface area (Å²) >= 11 is 0. The monoisotopic (exact) mass is 300 g/mol. The van der Waals surface area contributed by atoms with Crippen LogP contribution in [0.5, 0.6) is 0 Å². The average Bonchev–Trinajstić information content (AvgIpc) is 2.48. The van der Waals surface area contributed by atoms with Crippen LogP contribution in [0.1, 0.15) is 29.9 Å². The van der Waals surface area contributed by atoms with Crippen molar-refractivity contribution in [1.82, 2.24) is 9.97 Å². The highest BCUT2D eigenvalue weighted by Gasteiger charge is 2.29. The molecule has 7 nitrogen and oxygen atoms in total. The van der Waals surface area contributed by atoms with Gasteiger partial charge in [-0.2, -0.15) is 0 Å². The largest absolute Gasteiger partial charge is 0.481 e. The standard InChI is InChI=1S/C15H16N4O3/c1-15(2,14(21)22)9-3-5-10(6-4-9)19-13(20)11-12(16)18-8-7-17-11/h3-8H,1-2H3,(H2,16,18)(H,19,20)(H,21,22). The Morgan fingerprint density at radius 1 is 1.14 bits per heavy atom. The van der Waals surface area contributed by atoms with Gasteiger partial charge in [0.1, 0.15) is 0 Å². The number of carbonyl (C=O) groups is 2. The maximum atomic E-state index is 12.0. The molecular weight excluding hydrogens is 284 g/mol. The van der Waals surface area contributed by atoms with Crippen molar-refractivity contribution >= 4 is 23.4 Å². The van der Waals surface area contributed by atoms with Gasteiger partial charge in [0.2, 0.25) is 0 Å². The Labute approximate surface area is 127 Å². The summed E-state index contributed by atoms with van der Waals surface area (Å²) in [5, 5.41) is 11.8. The number of nitrogens with one attached hydrogen (secondary N) is 1. The number of nitrogens with zero attached hydrogens (tertiary/aromatic N) is 2. The van der Waals surface area contributed by atoms with Crippen LogP contribution in [-0.2, 0) is 10.2 Å². The topological polar surface area (TPSA) is 118 Å². The number of carboxylic acid groups (broad SMARTS) is 1. The molecule has 0 atom stereocenters. The molecule has 0 saturated heterocycles. The van der Waals surface area contributed by atoms with E-state index < -0.39 is 17.3 Å². The number of benzene rings is 1. The van der Waals surface area contributed by atoms with Crippen LogP contribution in [-0.4, -0.2) is 27.0 Å². The van der Waals surface area contributed by atoms with Gasteiger partial charge in [-0.15, -0.1) is 0 Å². The summed E-state index contributed by atoms with van der Waals surface area (Å²) in [6.07, 6.45) is 2.78. The maximum Gasteiger partial charge on any atom is 0.313 e. The molecule has 0 unspecified atom stereocenters. The number of amides is 1. The summed E-state index contributed by atoms with van der Waals surface area (Å²) in [7, 11) is 0. The Morgan fingerprint density at radius 3 is 2.27 bits per heavy atom. The SMILES string of the molecule is CC(C)(C(=O)O)c1ccc(NC(=O)c2nccnc2N)cc1. The van der Waals surface area contributed by atoms with Gasteiger partial charge in [-0.05, 0) is 31.5 Å². The molecule has 22 heavy (non-hydrogen) atoms. The fraction of sp³-hybridized carbons (Fsp3) is 0.200. The van der Waals surface area contributed by atoms with Crippen molar-refractivity contribution in [2.75, 3.05) is 11.1 Å². The normalized spacial score (nSPS) is 11.0. The smallest absolute Gasteiger partial charge is 0.313 e. The third-order valence-electron chi connectivity index (χ3n) is 3.34. The second-order valence-electron chi connectivity index (χ2n) is 5.25. The van der Waals surface area contributed by atoms with Crippen molar-refractivity contribution in [2.24, 2.45) is 0 Å². The minimum atomic E-state index is -1.00. The second kappa shape index (κ2) is 5.80. The molecule has 1 aromatic heterocycles. The number of rotatable bonds is 4. The molecule has 1 amide bonds. The molecule has 4 N–H and O–H groups in total. The van der Waals surface area contributed by atoms with Gasteiger partial charge < -0.3 is 16.2 Å². The van der Waals surface area contributed by atoms with E-state index in [9.17, 15) is 14.7 Å². The predicted octanol–water partition coefficient (Wildman–Crippen LogP) is 1.67. The van der Waals surface area contributed by atoms with Gasteiger partial charge in [-0.1, -0.05) is 12.1 Å². The zero-order valence-electron chi connectivity index (χ0n) is 12.2. The molecule has 0 spiro atoms. The van der Waals surface area contributed by atoms with E-state index in [0.29, 0.717) is 11.3 Å². The number of carboxylic acids is 1. The molecule has 0 fully saturated rings. The fourth-order valence-electron chi connectivity index (χ4n) is 1.81. The van der Waals surface area contributed by atoms with Crippen LogP contribution in [0.15, 0.2) is 36.7 Å². The van der Waals surface area contributed by atoms with Crippen molar-refractivity contribution in [3.8, 4) is 0 Å². The third kappa shape index (κ3) is 3.03. The lowest BCUT2D eigenvalue weighted by Gasteiger charge is -2.19. The highest BCUT2D eigenvalue weighted by atomic mass is 16.4. The Kier molecular flexibility index (Phi) is 4.07. The van der Waals surface area contributed by atoms with E-state index in [0.717, 1.165) is 0 Å². The maximum absolute atomic E-state index is 12.0. The summed E-state index contributed by atoms with van der Waals surface area (Å²) in [4.78, 5) is 30.9. The summed E-state index contributed by atoms with van der Waals surface area (Å²) in [5.41, 5.74) is 5.78. The van der Waals surface area contributed by atoms with Gasteiger partial charge in [0, 0.05) is 18.1 Å². The molecule has 0 bridgehead atoms. The number of nitrogens with two attached hydrogens (primary N) is 1. The minimum absolute atomic E-state index is 0.0393. The molecule has 1 heterocycles. The van der Waals surface area contributed by atoms with Crippen molar-refractivity contribution in [3.05, 3.63) is 47.9 Å². The van der Waals surface area contributed by atoms with Gasteiger partial charge in [0.05, 0.1) is 5.41 Å². The van der Waals surface area contributed by atoms with Crippen molar-refractivity contribution in [2.45, 2.75) is 19.3 Å². The first-order valence-electron chi connectivity index (χ1n) is 6.54. The minimum Gasteiger partial charge on any atom is -0.481 e. The van der Waals surface area contributed by atoms with Crippen LogP contribution in [0.25, 0.3) is 0 Å². The molecule has 2 aromatic rings. The molecule has 1 aromatic carbocycles. The highest BCUT2D eigenvalue weighted by molar-refractivity contribution is 6.05. The van der Waals surface area contributed by atoms with Crippen LogP contribution < -0.4 is 11.1 Å². The van der Waals surface area contributed by atoms with Crippen molar-refractivity contribution < 1.29 is 14.7 Å². The van der Waals surface area contributed by atoms with E-state index in [-0.39, 0.29) is 11.5 Å². The van der Waals surface area contributed by atoms with E-state index >= 15 is 0 Å². The van der Waals surface area contributed by atoms with Gasteiger partial charge >= 0.3 is 5.97 Å². The van der Waals surface area contributed by atoms with Crippen molar-refractivity contribution in [3.63, 3.8) is 0 Å². The first kappa shape index (κ1) is 15.4. The number of aromatic nitrogens is 2. The molecule has 0 saturated carbocycles. The lowest BCUT2D eigenvalue weighted by molar-refractivity contribution is -0.142. The number of hydrogen-bond acceptors (Lipinski definition) is 5. The van der Waals surface area contributed by atoms with Crippen LogP contribution in [0.2, 0.25) is 0 Å². The molecule has 114 valence electrons. The molecule has 7 heteroatoms. The van der Waals surface area contributed by atoms with Crippen molar-refractivity contribution in [1.29, 1.82) is 0 Å². The lowest BCUT2D eigenvalue weighted by Crippen LogP contribution is -2.28. The van der Waals surface area contributed by atoms with Gasteiger partial charge in [0.25, 0.3) is 5.91 Å². The first-order valence-corrected chi connectivity index (χ1v) is 6.54. The number of hydrogen-bond donors (Lipinski definition) is 3.